The van der Waals surface area contributed by atoms with Crippen molar-refractivity contribution in [3.63, 3.8) is 0 Å². The van der Waals surface area contributed by atoms with Crippen LogP contribution in [0.25, 0.3) is 11.3 Å². The zero-order valence-electron chi connectivity index (χ0n) is 13.8. The summed E-state index contributed by atoms with van der Waals surface area (Å²) in [5, 5.41) is 2.52. The summed E-state index contributed by atoms with van der Waals surface area (Å²) in [6.45, 7) is 4.41. The van der Waals surface area contributed by atoms with Crippen LogP contribution in [-0.2, 0) is 12.7 Å². The summed E-state index contributed by atoms with van der Waals surface area (Å²) in [5.41, 5.74) is 4.41. The van der Waals surface area contributed by atoms with E-state index in [0.29, 0.717) is 34.0 Å². The average molecular weight is 362 g/mol. The lowest BCUT2D eigenvalue weighted by molar-refractivity contribution is -0.137. The molecule has 0 fully saturated rings. The number of hydrogen-bond donors (Lipinski definition) is 1. The second-order valence-corrected chi connectivity index (χ2v) is 6.98. The topological polar surface area (TPSA) is 24.9 Å². The van der Waals surface area contributed by atoms with Gasteiger partial charge in [0.25, 0.3) is 0 Å². The average Bonchev–Trinajstić information content (AvgIpc) is 2.97. The smallest absolute Gasteiger partial charge is 0.381 e. The predicted molar refractivity (Wildman–Crippen MR) is 95.8 cm³/mol. The molecule has 0 aliphatic rings. The van der Waals surface area contributed by atoms with E-state index in [0.717, 1.165) is 5.69 Å². The van der Waals surface area contributed by atoms with Gasteiger partial charge in [0, 0.05) is 22.7 Å². The van der Waals surface area contributed by atoms with Crippen LogP contribution in [0, 0.1) is 13.8 Å². The number of nitrogens with zero attached hydrogens (tertiary/aromatic N) is 1. The van der Waals surface area contributed by atoms with Gasteiger partial charge in [-0.25, -0.2) is 4.98 Å². The molecule has 3 rings (SSSR count). The van der Waals surface area contributed by atoms with Crippen molar-refractivity contribution in [2.24, 2.45) is 0 Å². The number of thiazole rings is 1. The van der Waals surface area contributed by atoms with E-state index in [2.05, 4.69) is 29.4 Å². The van der Waals surface area contributed by atoms with Crippen LogP contribution in [0.1, 0.15) is 21.0 Å². The van der Waals surface area contributed by atoms with E-state index in [1.54, 1.807) is 19.1 Å². The molecule has 0 aliphatic carbocycles. The van der Waals surface area contributed by atoms with Crippen molar-refractivity contribution < 1.29 is 13.2 Å². The number of halogens is 3. The van der Waals surface area contributed by atoms with Crippen molar-refractivity contribution >= 4 is 17.0 Å². The minimum atomic E-state index is -4.40. The summed E-state index contributed by atoms with van der Waals surface area (Å²) in [5.74, 6) is 0. The SMILES string of the molecule is Cc1ccccc1CNc1ccc(-c2nc(C(F)(F)F)sc2C)cc1. The Morgan fingerprint density at radius 3 is 2.28 bits per heavy atom. The number of benzene rings is 2. The van der Waals surface area contributed by atoms with Gasteiger partial charge in [0.2, 0.25) is 0 Å². The monoisotopic (exact) mass is 362 g/mol. The molecule has 2 nitrogen and oxygen atoms in total. The minimum Gasteiger partial charge on any atom is -0.381 e. The van der Waals surface area contributed by atoms with Crippen LogP contribution in [0.2, 0.25) is 0 Å². The van der Waals surface area contributed by atoms with E-state index in [9.17, 15) is 13.2 Å². The molecule has 0 bridgehead atoms. The first-order valence-electron chi connectivity index (χ1n) is 7.78. The van der Waals surface area contributed by atoms with Gasteiger partial charge < -0.3 is 5.32 Å². The molecular weight excluding hydrogens is 345 g/mol. The maximum absolute atomic E-state index is 12.8. The van der Waals surface area contributed by atoms with Gasteiger partial charge in [-0.1, -0.05) is 36.4 Å². The normalized spacial score (nSPS) is 11.6. The highest BCUT2D eigenvalue weighted by Gasteiger charge is 2.35. The molecule has 2 aromatic carbocycles. The van der Waals surface area contributed by atoms with Gasteiger partial charge in [0.15, 0.2) is 5.01 Å². The van der Waals surface area contributed by atoms with Crippen LogP contribution < -0.4 is 5.32 Å². The van der Waals surface area contributed by atoms with Crippen LogP contribution in [0.5, 0.6) is 0 Å². The molecule has 0 spiro atoms. The summed E-state index contributed by atoms with van der Waals surface area (Å²) in [6.07, 6.45) is -4.40. The number of hydrogen-bond acceptors (Lipinski definition) is 3. The van der Waals surface area contributed by atoms with E-state index in [-0.39, 0.29) is 0 Å². The molecule has 25 heavy (non-hydrogen) atoms. The van der Waals surface area contributed by atoms with Gasteiger partial charge in [-0.05, 0) is 37.1 Å². The molecule has 0 atom stereocenters. The van der Waals surface area contributed by atoms with E-state index >= 15 is 0 Å². The number of rotatable bonds is 4. The van der Waals surface area contributed by atoms with Crippen molar-refractivity contribution in [3.8, 4) is 11.3 Å². The lowest BCUT2D eigenvalue weighted by Crippen LogP contribution is -2.03. The number of anilines is 1. The highest BCUT2D eigenvalue weighted by Crippen LogP contribution is 2.37. The molecular formula is C19H17F3N2S. The Morgan fingerprint density at radius 2 is 1.68 bits per heavy atom. The second-order valence-electron chi connectivity index (χ2n) is 5.78. The lowest BCUT2D eigenvalue weighted by Gasteiger charge is -2.09. The number of nitrogens with one attached hydrogen (secondary N) is 1. The third-order valence-electron chi connectivity index (χ3n) is 3.94. The van der Waals surface area contributed by atoms with Crippen molar-refractivity contribution in [3.05, 3.63) is 69.5 Å². The first-order chi connectivity index (χ1) is 11.8. The molecule has 0 amide bonds. The Labute approximate surface area is 148 Å². The molecule has 0 aliphatic heterocycles. The largest absolute Gasteiger partial charge is 0.443 e. The minimum absolute atomic E-state index is 0.391. The van der Waals surface area contributed by atoms with Crippen LogP contribution >= 0.6 is 11.3 Å². The van der Waals surface area contributed by atoms with Crippen molar-refractivity contribution in [1.29, 1.82) is 0 Å². The highest BCUT2D eigenvalue weighted by atomic mass is 32.1. The molecule has 1 N–H and O–H groups in total. The molecule has 6 heteroatoms. The zero-order chi connectivity index (χ0) is 18.0. The Balaban J connectivity index is 1.75. The predicted octanol–water partition coefficient (Wildman–Crippen LogP) is 6.06. The van der Waals surface area contributed by atoms with Gasteiger partial charge in [-0.2, -0.15) is 13.2 Å². The lowest BCUT2D eigenvalue weighted by atomic mass is 10.1. The maximum atomic E-state index is 12.8. The number of alkyl halides is 3. The fraction of sp³-hybridized carbons (Fsp3) is 0.211. The Morgan fingerprint density at radius 1 is 1.00 bits per heavy atom. The quantitative estimate of drug-likeness (QED) is 0.610. The van der Waals surface area contributed by atoms with Crippen molar-refractivity contribution in [1.82, 2.24) is 4.98 Å². The van der Waals surface area contributed by atoms with Crippen molar-refractivity contribution in [2.45, 2.75) is 26.6 Å². The Bertz CT molecular complexity index is 867. The van der Waals surface area contributed by atoms with Crippen LogP contribution in [0.3, 0.4) is 0 Å². The van der Waals surface area contributed by atoms with Crippen molar-refractivity contribution in [2.75, 3.05) is 5.32 Å². The zero-order valence-corrected chi connectivity index (χ0v) is 14.6. The van der Waals surface area contributed by atoms with E-state index < -0.39 is 11.2 Å². The van der Waals surface area contributed by atoms with Gasteiger partial charge in [0.05, 0.1) is 5.69 Å². The standard InChI is InChI=1S/C19H17F3N2S/c1-12-5-3-4-6-15(12)11-23-16-9-7-14(8-10-16)17-13(2)25-18(24-17)19(20,21)22/h3-10,23H,11H2,1-2H3. The summed E-state index contributed by atoms with van der Waals surface area (Å²) >= 11 is 0.678. The summed E-state index contributed by atoms with van der Waals surface area (Å²) < 4.78 is 38.4. The van der Waals surface area contributed by atoms with Crippen LogP contribution in [-0.4, -0.2) is 4.98 Å². The maximum Gasteiger partial charge on any atom is 0.443 e. The molecule has 0 unspecified atom stereocenters. The first kappa shape index (κ1) is 17.5. The molecule has 0 radical (unpaired) electrons. The van der Waals surface area contributed by atoms with E-state index in [1.165, 1.54) is 11.1 Å². The fourth-order valence-corrected chi connectivity index (χ4v) is 3.34. The van der Waals surface area contributed by atoms with Crippen LogP contribution in [0.4, 0.5) is 18.9 Å². The van der Waals surface area contributed by atoms with Gasteiger partial charge in [0.1, 0.15) is 0 Å². The van der Waals surface area contributed by atoms with E-state index in [4.69, 9.17) is 0 Å². The Hall–Kier alpha value is -2.34. The Kier molecular flexibility index (Phi) is 4.81. The summed E-state index contributed by atoms with van der Waals surface area (Å²) in [4.78, 5) is 4.32. The van der Waals surface area contributed by atoms with Gasteiger partial charge >= 0.3 is 6.18 Å². The third-order valence-corrected chi connectivity index (χ3v) is 4.96. The van der Waals surface area contributed by atoms with Gasteiger partial charge in [-0.3, -0.25) is 0 Å². The van der Waals surface area contributed by atoms with Gasteiger partial charge in [-0.15, -0.1) is 11.3 Å². The summed E-state index contributed by atoms with van der Waals surface area (Å²) in [7, 11) is 0. The van der Waals surface area contributed by atoms with E-state index in [1.807, 2.05) is 24.3 Å². The highest BCUT2D eigenvalue weighted by molar-refractivity contribution is 7.12. The second kappa shape index (κ2) is 6.88. The molecule has 1 aromatic heterocycles. The first-order valence-corrected chi connectivity index (χ1v) is 8.59. The third kappa shape index (κ3) is 4.02. The fourth-order valence-electron chi connectivity index (χ4n) is 2.54. The summed E-state index contributed by atoms with van der Waals surface area (Å²) in [6, 6.07) is 15.4. The molecule has 0 saturated heterocycles. The molecule has 3 aromatic rings. The molecule has 130 valence electrons. The van der Waals surface area contributed by atoms with Crippen LogP contribution in [0.15, 0.2) is 48.5 Å². The molecule has 0 saturated carbocycles. The number of aryl methyl sites for hydroxylation is 2. The molecule has 1 heterocycles. The number of aromatic nitrogens is 1.